The third-order valence-electron chi connectivity index (χ3n) is 4.22. The first-order valence-electron chi connectivity index (χ1n) is 7.67. The van der Waals surface area contributed by atoms with Crippen LogP contribution >= 0.6 is 0 Å². The first-order chi connectivity index (χ1) is 8.67. The maximum Gasteiger partial charge on any atom is 0.0469 e. The molecule has 0 aromatic rings. The van der Waals surface area contributed by atoms with E-state index in [1.54, 1.807) is 0 Å². The van der Waals surface area contributed by atoms with E-state index in [0.29, 0.717) is 6.04 Å². The first-order valence-corrected chi connectivity index (χ1v) is 7.67. The van der Waals surface area contributed by atoms with Gasteiger partial charge in [-0.25, -0.2) is 0 Å². The van der Waals surface area contributed by atoms with Gasteiger partial charge in [-0.15, -0.1) is 0 Å². The smallest absolute Gasteiger partial charge is 0.0469 e. The summed E-state index contributed by atoms with van der Waals surface area (Å²) < 4.78 is 5.43. The fraction of sp³-hybridized carbons (Fsp3) is 1.00. The molecule has 0 saturated carbocycles. The van der Waals surface area contributed by atoms with E-state index in [2.05, 4.69) is 38.0 Å². The zero-order valence-corrected chi connectivity index (χ0v) is 12.7. The largest absolute Gasteiger partial charge is 0.381 e. The van der Waals surface area contributed by atoms with Gasteiger partial charge in [-0.2, -0.15) is 0 Å². The average molecular weight is 256 g/mol. The maximum absolute atomic E-state index is 5.43. The molecule has 0 spiro atoms. The van der Waals surface area contributed by atoms with Gasteiger partial charge in [-0.1, -0.05) is 27.2 Å². The number of nitrogens with one attached hydrogen (secondary N) is 1. The van der Waals surface area contributed by atoms with Gasteiger partial charge in [0.2, 0.25) is 0 Å². The van der Waals surface area contributed by atoms with Crippen molar-refractivity contribution in [2.24, 2.45) is 11.8 Å². The van der Waals surface area contributed by atoms with Crippen LogP contribution in [0.4, 0.5) is 0 Å². The second-order valence-corrected chi connectivity index (χ2v) is 5.83. The molecule has 1 heterocycles. The topological polar surface area (TPSA) is 24.5 Å². The van der Waals surface area contributed by atoms with Gasteiger partial charge >= 0.3 is 0 Å². The van der Waals surface area contributed by atoms with Gasteiger partial charge < -0.3 is 15.0 Å². The minimum absolute atomic E-state index is 0.629. The van der Waals surface area contributed by atoms with Gasteiger partial charge in [-0.05, 0) is 38.3 Å². The summed E-state index contributed by atoms with van der Waals surface area (Å²) in [5, 5.41) is 3.64. The molecule has 1 fully saturated rings. The van der Waals surface area contributed by atoms with Gasteiger partial charge in [0.05, 0.1) is 0 Å². The summed E-state index contributed by atoms with van der Waals surface area (Å²) in [7, 11) is 2.27. The lowest BCUT2D eigenvalue weighted by molar-refractivity contribution is 0.0539. The van der Waals surface area contributed by atoms with Crippen molar-refractivity contribution >= 4 is 0 Å². The van der Waals surface area contributed by atoms with E-state index < -0.39 is 0 Å². The van der Waals surface area contributed by atoms with E-state index in [0.717, 1.165) is 31.6 Å². The summed E-state index contributed by atoms with van der Waals surface area (Å²) in [4.78, 5) is 2.51. The van der Waals surface area contributed by atoms with Gasteiger partial charge in [0.1, 0.15) is 0 Å². The number of nitrogens with zero attached hydrogens (tertiary/aromatic N) is 1. The summed E-state index contributed by atoms with van der Waals surface area (Å²) in [5.74, 6) is 1.59. The highest BCUT2D eigenvalue weighted by atomic mass is 16.5. The normalized spacial score (nSPS) is 21.2. The van der Waals surface area contributed by atoms with Crippen LogP contribution < -0.4 is 5.32 Å². The Labute approximate surface area is 113 Å². The van der Waals surface area contributed by atoms with Gasteiger partial charge in [0.25, 0.3) is 0 Å². The molecule has 1 rings (SSSR count). The van der Waals surface area contributed by atoms with Crippen molar-refractivity contribution in [3.05, 3.63) is 0 Å². The van der Waals surface area contributed by atoms with Crippen molar-refractivity contribution in [3.63, 3.8) is 0 Å². The van der Waals surface area contributed by atoms with Crippen LogP contribution in [0.5, 0.6) is 0 Å². The standard InChI is InChI=1S/C15H32N2O/c1-5-13(3)15(16-6-2)12-17(4)11-14-7-9-18-10-8-14/h13-16H,5-12H2,1-4H3. The van der Waals surface area contributed by atoms with Crippen LogP contribution in [0.2, 0.25) is 0 Å². The number of hydrogen-bond donors (Lipinski definition) is 1. The Morgan fingerprint density at radius 3 is 2.50 bits per heavy atom. The van der Waals surface area contributed by atoms with E-state index in [1.807, 2.05) is 0 Å². The van der Waals surface area contributed by atoms with E-state index in [-0.39, 0.29) is 0 Å². The maximum atomic E-state index is 5.43. The number of hydrogen-bond acceptors (Lipinski definition) is 3. The van der Waals surface area contributed by atoms with Crippen LogP contribution in [0.25, 0.3) is 0 Å². The molecule has 2 unspecified atom stereocenters. The lowest BCUT2D eigenvalue weighted by Crippen LogP contribution is -2.45. The third-order valence-corrected chi connectivity index (χ3v) is 4.22. The molecule has 1 saturated heterocycles. The molecule has 0 radical (unpaired) electrons. The van der Waals surface area contributed by atoms with E-state index in [9.17, 15) is 0 Å². The second-order valence-electron chi connectivity index (χ2n) is 5.83. The van der Waals surface area contributed by atoms with E-state index >= 15 is 0 Å². The summed E-state index contributed by atoms with van der Waals surface area (Å²) in [6.07, 6.45) is 3.72. The lowest BCUT2D eigenvalue weighted by Gasteiger charge is -2.32. The fourth-order valence-electron chi connectivity index (χ4n) is 2.77. The molecule has 18 heavy (non-hydrogen) atoms. The number of rotatable bonds is 8. The quantitative estimate of drug-likeness (QED) is 0.721. The summed E-state index contributed by atoms with van der Waals surface area (Å²) in [5.41, 5.74) is 0. The average Bonchev–Trinajstić information content (AvgIpc) is 2.38. The van der Waals surface area contributed by atoms with Crippen molar-refractivity contribution in [1.29, 1.82) is 0 Å². The van der Waals surface area contributed by atoms with Crippen molar-refractivity contribution in [2.75, 3.05) is 39.9 Å². The Hall–Kier alpha value is -0.120. The molecular formula is C15H32N2O. The molecule has 1 aliphatic heterocycles. The highest BCUT2D eigenvalue weighted by Crippen LogP contribution is 2.16. The van der Waals surface area contributed by atoms with Crippen LogP contribution in [-0.4, -0.2) is 50.8 Å². The highest BCUT2D eigenvalue weighted by molar-refractivity contribution is 4.77. The predicted octanol–water partition coefficient (Wildman–Crippen LogP) is 2.37. The van der Waals surface area contributed by atoms with Crippen LogP contribution in [0, 0.1) is 11.8 Å². The van der Waals surface area contributed by atoms with Crippen LogP contribution in [0.1, 0.15) is 40.0 Å². The van der Waals surface area contributed by atoms with Crippen LogP contribution in [0.3, 0.4) is 0 Å². The lowest BCUT2D eigenvalue weighted by atomic mass is 9.96. The Bertz CT molecular complexity index is 205. The Balaban J connectivity index is 2.32. The van der Waals surface area contributed by atoms with Crippen molar-refractivity contribution in [2.45, 2.75) is 46.1 Å². The number of ether oxygens (including phenoxy) is 1. The van der Waals surface area contributed by atoms with Crippen molar-refractivity contribution in [3.8, 4) is 0 Å². The minimum atomic E-state index is 0.629. The van der Waals surface area contributed by atoms with E-state index in [4.69, 9.17) is 4.74 Å². The Morgan fingerprint density at radius 2 is 1.94 bits per heavy atom. The zero-order chi connectivity index (χ0) is 13.4. The van der Waals surface area contributed by atoms with E-state index in [1.165, 1.54) is 32.4 Å². The summed E-state index contributed by atoms with van der Waals surface area (Å²) in [6.45, 7) is 12.2. The Morgan fingerprint density at radius 1 is 1.28 bits per heavy atom. The summed E-state index contributed by atoms with van der Waals surface area (Å²) in [6, 6.07) is 0.629. The molecular weight excluding hydrogens is 224 g/mol. The molecule has 0 aromatic heterocycles. The molecule has 0 amide bonds. The SMILES string of the molecule is CCNC(CN(C)CC1CCOCC1)C(C)CC. The molecule has 1 aliphatic rings. The summed E-state index contributed by atoms with van der Waals surface area (Å²) >= 11 is 0. The zero-order valence-electron chi connectivity index (χ0n) is 12.7. The molecule has 0 bridgehead atoms. The van der Waals surface area contributed by atoms with Gasteiger partial charge in [-0.3, -0.25) is 0 Å². The number of likely N-dealkylation sites (N-methyl/N-ethyl adjacent to an activating group) is 2. The van der Waals surface area contributed by atoms with Crippen LogP contribution in [0.15, 0.2) is 0 Å². The van der Waals surface area contributed by atoms with Crippen LogP contribution in [-0.2, 0) is 4.74 Å². The van der Waals surface area contributed by atoms with Gasteiger partial charge in [0.15, 0.2) is 0 Å². The molecule has 108 valence electrons. The fourth-order valence-corrected chi connectivity index (χ4v) is 2.77. The minimum Gasteiger partial charge on any atom is -0.381 e. The third kappa shape index (κ3) is 5.68. The molecule has 3 heteroatoms. The first kappa shape index (κ1) is 15.9. The van der Waals surface area contributed by atoms with Gasteiger partial charge in [0, 0.05) is 32.3 Å². The monoisotopic (exact) mass is 256 g/mol. The predicted molar refractivity (Wildman–Crippen MR) is 78.0 cm³/mol. The Kier molecular flexibility index (Phi) is 7.87. The molecule has 1 N–H and O–H groups in total. The van der Waals surface area contributed by atoms with Crippen molar-refractivity contribution in [1.82, 2.24) is 10.2 Å². The molecule has 3 nitrogen and oxygen atoms in total. The molecule has 0 aliphatic carbocycles. The van der Waals surface area contributed by atoms with Crippen molar-refractivity contribution < 1.29 is 4.74 Å². The second kappa shape index (κ2) is 8.89. The molecule has 2 atom stereocenters. The molecule has 0 aromatic carbocycles. The highest BCUT2D eigenvalue weighted by Gasteiger charge is 2.20.